The molecule has 4 aromatic rings. The number of aryl methyl sites for hydroxylation is 3. The first-order valence-electron chi connectivity index (χ1n) is 6.72. The predicted octanol–water partition coefficient (Wildman–Crippen LogP) is 2.51. The van der Waals surface area contributed by atoms with Crippen LogP contribution in [0.5, 0.6) is 0 Å². The Bertz CT molecular complexity index is 961. The van der Waals surface area contributed by atoms with Gasteiger partial charge in [-0.05, 0) is 32.4 Å². The van der Waals surface area contributed by atoms with Crippen LogP contribution in [0.2, 0.25) is 0 Å². The summed E-state index contributed by atoms with van der Waals surface area (Å²) < 4.78 is 3.65. The first-order chi connectivity index (χ1) is 10.1. The average Bonchev–Trinajstić information content (AvgIpc) is 3.11. The summed E-state index contributed by atoms with van der Waals surface area (Å²) in [6.45, 7) is 6.82. The van der Waals surface area contributed by atoms with E-state index in [9.17, 15) is 0 Å². The van der Waals surface area contributed by atoms with Gasteiger partial charge in [0, 0.05) is 16.8 Å². The third-order valence-electron chi connectivity index (χ3n) is 3.77. The van der Waals surface area contributed by atoms with Crippen molar-refractivity contribution in [3.63, 3.8) is 0 Å². The van der Waals surface area contributed by atoms with Crippen LogP contribution in [0.1, 0.15) is 22.0 Å². The second-order valence-corrected chi connectivity index (χ2v) is 6.34. The Morgan fingerprint density at radius 1 is 1.24 bits per heavy atom. The molecule has 0 amide bonds. The highest BCUT2D eigenvalue weighted by Gasteiger charge is 2.14. The minimum Gasteiger partial charge on any atom is -0.262 e. The number of rotatable bonds is 2. The van der Waals surface area contributed by atoms with Crippen LogP contribution in [0.4, 0.5) is 0 Å². The summed E-state index contributed by atoms with van der Waals surface area (Å²) in [4.78, 5) is 11.5. The van der Waals surface area contributed by atoms with Crippen molar-refractivity contribution in [2.24, 2.45) is 0 Å². The fourth-order valence-electron chi connectivity index (χ4n) is 2.45. The molecule has 0 aromatic carbocycles. The zero-order chi connectivity index (χ0) is 14.6. The molecule has 0 aliphatic heterocycles. The van der Waals surface area contributed by atoms with Crippen LogP contribution in [0, 0.1) is 20.8 Å². The SMILES string of the molecule is Cc1sc2ncn3nc(Cn4nccc4C)nc3c2c1C. The van der Waals surface area contributed by atoms with Crippen LogP contribution in [0.25, 0.3) is 15.9 Å². The first-order valence-corrected chi connectivity index (χ1v) is 7.53. The molecule has 21 heavy (non-hydrogen) atoms. The topological polar surface area (TPSA) is 60.9 Å². The second-order valence-electron chi connectivity index (χ2n) is 5.13. The highest BCUT2D eigenvalue weighted by atomic mass is 32.1. The maximum atomic E-state index is 4.69. The van der Waals surface area contributed by atoms with Gasteiger partial charge in [-0.3, -0.25) is 4.68 Å². The number of nitrogens with zero attached hydrogens (tertiary/aromatic N) is 6. The first kappa shape index (κ1) is 12.5. The summed E-state index contributed by atoms with van der Waals surface area (Å²) in [5, 5.41) is 9.90. The van der Waals surface area contributed by atoms with Gasteiger partial charge in [0.2, 0.25) is 0 Å². The van der Waals surface area contributed by atoms with Gasteiger partial charge in [0.1, 0.15) is 17.7 Å². The summed E-state index contributed by atoms with van der Waals surface area (Å²) in [6, 6.07) is 1.97. The molecule has 0 bridgehead atoms. The number of hydrogen-bond donors (Lipinski definition) is 0. The Morgan fingerprint density at radius 3 is 2.86 bits per heavy atom. The van der Waals surface area contributed by atoms with Crippen LogP contribution in [0.3, 0.4) is 0 Å². The van der Waals surface area contributed by atoms with Crippen LogP contribution >= 0.6 is 11.3 Å². The van der Waals surface area contributed by atoms with Crippen LogP contribution in [-0.2, 0) is 6.54 Å². The number of aromatic nitrogens is 6. The van der Waals surface area contributed by atoms with Crippen molar-refractivity contribution in [2.45, 2.75) is 27.3 Å². The van der Waals surface area contributed by atoms with E-state index in [-0.39, 0.29) is 0 Å². The van der Waals surface area contributed by atoms with E-state index in [2.05, 4.69) is 34.0 Å². The maximum Gasteiger partial charge on any atom is 0.173 e. The molecule has 4 rings (SSSR count). The molecule has 7 heteroatoms. The van der Waals surface area contributed by atoms with Crippen LogP contribution in [-0.4, -0.2) is 29.4 Å². The van der Waals surface area contributed by atoms with E-state index in [4.69, 9.17) is 0 Å². The lowest BCUT2D eigenvalue weighted by atomic mass is 10.2. The predicted molar refractivity (Wildman–Crippen MR) is 81.7 cm³/mol. The van der Waals surface area contributed by atoms with Gasteiger partial charge in [0.25, 0.3) is 0 Å². The molecule has 6 nitrogen and oxygen atoms in total. The monoisotopic (exact) mass is 298 g/mol. The zero-order valence-electron chi connectivity index (χ0n) is 12.0. The molecule has 0 aliphatic rings. The largest absolute Gasteiger partial charge is 0.262 e. The summed E-state index contributed by atoms with van der Waals surface area (Å²) in [6.07, 6.45) is 3.52. The van der Waals surface area contributed by atoms with E-state index in [1.165, 1.54) is 10.4 Å². The molecule has 0 saturated heterocycles. The van der Waals surface area contributed by atoms with Crippen molar-refractivity contribution < 1.29 is 0 Å². The molecule has 0 saturated carbocycles. The van der Waals surface area contributed by atoms with Crippen molar-refractivity contribution in [3.8, 4) is 0 Å². The fraction of sp³-hybridized carbons (Fsp3) is 0.286. The van der Waals surface area contributed by atoms with E-state index in [1.54, 1.807) is 28.4 Å². The molecular formula is C14H14N6S. The van der Waals surface area contributed by atoms with Crippen LogP contribution < -0.4 is 0 Å². The molecule has 4 aromatic heterocycles. The fourth-order valence-corrected chi connectivity index (χ4v) is 3.45. The highest BCUT2D eigenvalue weighted by Crippen LogP contribution is 2.30. The summed E-state index contributed by atoms with van der Waals surface area (Å²) >= 11 is 1.70. The minimum absolute atomic E-state index is 0.574. The van der Waals surface area contributed by atoms with Gasteiger partial charge in [-0.2, -0.15) is 5.10 Å². The van der Waals surface area contributed by atoms with Gasteiger partial charge in [-0.1, -0.05) is 0 Å². The van der Waals surface area contributed by atoms with E-state index < -0.39 is 0 Å². The quantitative estimate of drug-likeness (QED) is 0.570. The van der Waals surface area contributed by atoms with E-state index in [0.717, 1.165) is 27.4 Å². The molecule has 106 valence electrons. The second kappa shape index (κ2) is 4.36. The number of hydrogen-bond acceptors (Lipinski definition) is 5. The van der Waals surface area contributed by atoms with E-state index >= 15 is 0 Å². The average molecular weight is 298 g/mol. The minimum atomic E-state index is 0.574. The zero-order valence-corrected chi connectivity index (χ0v) is 12.8. The molecule has 0 atom stereocenters. The van der Waals surface area contributed by atoms with Gasteiger partial charge in [-0.15, -0.1) is 16.4 Å². The van der Waals surface area contributed by atoms with Crippen molar-refractivity contribution in [3.05, 3.63) is 40.5 Å². The van der Waals surface area contributed by atoms with E-state index in [1.807, 2.05) is 17.7 Å². The summed E-state index contributed by atoms with van der Waals surface area (Å²) in [7, 11) is 0. The van der Waals surface area contributed by atoms with Gasteiger partial charge in [0.15, 0.2) is 11.5 Å². The van der Waals surface area contributed by atoms with E-state index in [0.29, 0.717) is 6.54 Å². The lowest BCUT2D eigenvalue weighted by molar-refractivity contribution is 0.635. The molecule has 0 radical (unpaired) electrons. The lowest BCUT2D eigenvalue weighted by Gasteiger charge is -1.98. The summed E-state index contributed by atoms with van der Waals surface area (Å²) in [5.41, 5.74) is 3.21. The molecule has 0 N–H and O–H groups in total. The molecule has 0 unspecified atom stereocenters. The number of thiophene rings is 1. The van der Waals surface area contributed by atoms with Gasteiger partial charge >= 0.3 is 0 Å². The lowest BCUT2D eigenvalue weighted by Crippen LogP contribution is -2.05. The van der Waals surface area contributed by atoms with Crippen LogP contribution in [0.15, 0.2) is 18.6 Å². The molecule has 0 spiro atoms. The highest BCUT2D eigenvalue weighted by molar-refractivity contribution is 7.18. The van der Waals surface area contributed by atoms with Crippen molar-refractivity contribution in [1.82, 2.24) is 29.4 Å². The third-order valence-corrected chi connectivity index (χ3v) is 4.89. The van der Waals surface area contributed by atoms with Crippen molar-refractivity contribution in [2.75, 3.05) is 0 Å². The van der Waals surface area contributed by atoms with Gasteiger partial charge in [-0.25, -0.2) is 14.5 Å². The third kappa shape index (κ3) is 1.84. The Balaban J connectivity index is 1.89. The van der Waals surface area contributed by atoms with Gasteiger partial charge < -0.3 is 0 Å². The molecule has 4 heterocycles. The standard InChI is InChI=1S/C14H14N6S/c1-8-4-5-16-19(8)6-11-17-13-12-9(2)10(3)21-14(12)15-7-20(13)18-11/h4-5,7H,6H2,1-3H3. The van der Waals surface area contributed by atoms with Gasteiger partial charge in [0.05, 0.1) is 5.39 Å². The Hall–Kier alpha value is -2.28. The maximum absolute atomic E-state index is 4.69. The Labute approximate surface area is 125 Å². The Morgan fingerprint density at radius 2 is 2.10 bits per heavy atom. The Kier molecular flexibility index (Phi) is 2.58. The van der Waals surface area contributed by atoms with Crippen molar-refractivity contribution in [1.29, 1.82) is 0 Å². The smallest absolute Gasteiger partial charge is 0.173 e. The molecular weight excluding hydrogens is 284 g/mol. The summed E-state index contributed by atoms with van der Waals surface area (Å²) in [5.74, 6) is 0.749. The molecule has 0 aliphatic carbocycles. The molecule has 0 fully saturated rings. The normalized spacial score (nSPS) is 11.8. The number of fused-ring (bicyclic) bond motifs is 3. The van der Waals surface area contributed by atoms with Crippen molar-refractivity contribution >= 4 is 27.2 Å².